The summed E-state index contributed by atoms with van der Waals surface area (Å²) in [7, 11) is 5.72. The quantitative estimate of drug-likeness (QED) is 0.723. The summed E-state index contributed by atoms with van der Waals surface area (Å²) >= 11 is 0. The first kappa shape index (κ1) is 14.7. The van der Waals surface area contributed by atoms with Gasteiger partial charge in [0, 0.05) is 18.7 Å². The SMILES string of the molecule is CN(C)CCN(C)CC(=O)c1ccc(F)c(F)c1. The molecule has 0 saturated carbocycles. The van der Waals surface area contributed by atoms with E-state index in [1.165, 1.54) is 6.07 Å². The molecule has 0 N–H and O–H groups in total. The molecule has 1 aromatic carbocycles. The minimum absolute atomic E-state index is 0.193. The van der Waals surface area contributed by atoms with Gasteiger partial charge in [0.15, 0.2) is 17.4 Å². The zero-order chi connectivity index (χ0) is 13.7. The Labute approximate surface area is 106 Å². The molecule has 0 unspecified atom stereocenters. The van der Waals surface area contributed by atoms with Gasteiger partial charge in [-0.3, -0.25) is 9.69 Å². The van der Waals surface area contributed by atoms with E-state index in [1.54, 1.807) is 0 Å². The first-order valence-corrected chi connectivity index (χ1v) is 5.71. The third-order valence-electron chi connectivity index (χ3n) is 2.58. The number of ketones is 1. The highest BCUT2D eigenvalue weighted by atomic mass is 19.2. The summed E-state index contributed by atoms with van der Waals surface area (Å²) in [5.41, 5.74) is 0.200. The lowest BCUT2D eigenvalue weighted by Crippen LogP contribution is -2.32. The fourth-order valence-electron chi connectivity index (χ4n) is 1.46. The molecule has 0 saturated heterocycles. The molecule has 0 amide bonds. The third-order valence-corrected chi connectivity index (χ3v) is 2.58. The van der Waals surface area contributed by atoms with Crippen LogP contribution in [0.2, 0.25) is 0 Å². The molecule has 0 radical (unpaired) electrons. The van der Waals surface area contributed by atoms with Crippen molar-refractivity contribution in [3.05, 3.63) is 35.4 Å². The molecule has 0 aliphatic rings. The minimum Gasteiger partial charge on any atom is -0.308 e. The van der Waals surface area contributed by atoms with Crippen LogP contribution in [0.25, 0.3) is 0 Å². The fourth-order valence-corrected chi connectivity index (χ4v) is 1.46. The predicted molar refractivity (Wildman–Crippen MR) is 66.7 cm³/mol. The number of halogens is 2. The number of benzene rings is 1. The zero-order valence-electron chi connectivity index (χ0n) is 10.9. The highest BCUT2D eigenvalue weighted by Gasteiger charge is 2.12. The Kier molecular flexibility index (Phi) is 5.37. The van der Waals surface area contributed by atoms with Crippen LogP contribution >= 0.6 is 0 Å². The molecule has 18 heavy (non-hydrogen) atoms. The van der Waals surface area contributed by atoms with Gasteiger partial charge in [-0.15, -0.1) is 0 Å². The average Bonchev–Trinajstić information content (AvgIpc) is 2.30. The summed E-state index contributed by atoms with van der Waals surface area (Å²) in [6.07, 6.45) is 0. The van der Waals surface area contributed by atoms with E-state index in [4.69, 9.17) is 0 Å². The first-order valence-electron chi connectivity index (χ1n) is 5.71. The van der Waals surface area contributed by atoms with Gasteiger partial charge in [-0.1, -0.05) is 0 Å². The van der Waals surface area contributed by atoms with Crippen LogP contribution in [0.5, 0.6) is 0 Å². The van der Waals surface area contributed by atoms with Crippen LogP contribution in [0.4, 0.5) is 8.78 Å². The van der Waals surface area contributed by atoms with Crippen molar-refractivity contribution in [2.24, 2.45) is 0 Å². The van der Waals surface area contributed by atoms with Gasteiger partial charge >= 0.3 is 0 Å². The summed E-state index contributed by atoms with van der Waals surface area (Å²) in [4.78, 5) is 15.7. The van der Waals surface area contributed by atoms with Gasteiger partial charge in [0.1, 0.15) is 0 Å². The van der Waals surface area contributed by atoms with Crippen molar-refractivity contribution in [2.45, 2.75) is 0 Å². The molecule has 0 aromatic heterocycles. The third kappa shape index (κ3) is 4.50. The molecule has 0 bridgehead atoms. The van der Waals surface area contributed by atoms with Crippen LogP contribution in [0.3, 0.4) is 0 Å². The second kappa shape index (κ2) is 6.56. The number of Topliss-reactive ketones (excluding diaryl/α,β-unsaturated/α-hetero) is 1. The molecule has 0 heterocycles. The maximum absolute atomic E-state index is 13.0. The number of likely N-dealkylation sites (N-methyl/N-ethyl adjacent to an activating group) is 2. The number of hydrogen-bond acceptors (Lipinski definition) is 3. The van der Waals surface area contributed by atoms with Crippen molar-refractivity contribution in [2.75, 3.05) is 40.8 Å². The van der Waals surface area contributed by atoms with E-state index in [2.05, 4.69) is 0 Å². The Morgan fingerprint density at radius 1 is 1.11 bits per heavy atom. The van der Waals surface area contributed by atoms with Crippen molar-refractivity contribution in [1.29, 1.82) is 0 Å². The molecule has 0 spiro atoms. The highest BCUT2D eigenvalue weighted by Crippen LogP contribution is 2.09. The summed E-state index contributed by atoms with van der Waals surface area (Å²) in [6.45, 7) is 1.77. The van der Waals surface area contributed by atoms with E-state index in [1.807, 2.05) is 30.9 Å². The lowest BCUT2D eigenvalue weighted by molar-refractivity contribution is 0.0942. The van der Waals surface area contributed by atoms with E-state index < -0.39 is 11.6 Å². The van der Waals surface area contributed by atoms with Gasteiger partial charge in [0.05, 0.1) is 6.54 Å². The van der Waals surface area contributed by atoms with E-state index in [9.17, 15) is 13.6 Å². The number of carbonyl (C=O) groups excluding carboxylic acids is 1. The lowest BCUT2D eigenvalue weighted by Gasteiger charge is -2.18. The van der Waals surface area contributed by atoms with Gasteiger partial charge in [-0.25, -0.2) is 8.78 Å². The summed E-state index contributed by atoms with van der Waals surface area (Å²) < 4.78 is 25.7. The van der Waals surface area contributed by atoms with Crippen molar-refractivity contribution in [3.63, 3.8) is 0 Å². The molecule has 0 aliphatic heterocycles. The normalized spacial score (nSPS) is 11.3. The van der Waals surface area contributed by atoms with E-state index in [0.717, 1.165) is 25.2 Å². The van der Waals surface area contributed by atoms with E-state index >= 15 is 0 Å². The summed E-state index contributed by atoms with van der Waals surface area (Å²) in [6, 6.07) is 3.22. The maximum Gasteiger partial charge on any atom is 0.176 e. The Morgan fingerprint density at radius 2 is 1.78 bits per heavy atom. The molecule has 0 atom stereocenters. The Balaban J connectivity index is 2.56. The highest BCUT2D eigenvalue weighted by molar-refractivity contribution is 5.97. The molecule has 100 valence electrons. The minimum atomic E-state index is -0.989. The Bertz CT molecular complexity index is 421. The van der Waals surface area contributed by atoms with Crippen LogP contribution in [0.15, 0.2) is 18.2 Å². The van der Waals surface area contributed by atoms with Gasteiger partial charge in [0.25, 0.3) is 0 Å². The van der Waals surface area contributed by atoms with Crippen LogP contribution in [-0.2, 0) is 0 Å². The van der Waals surface area contributed by atoms with Gasteiger partial charge in [-0.05, 0) is 39.3 Å². The molecule has 0 fully saturated rings. The van der Waals surface area contributed by atoms with Gasteiger partial charge in [-0.2, -0.15) is 0 Å². The van der Waals surface area contributed by atoms with Crippen LogP contribution in [0, 0.1) is 11.6 Å². The predicted octanol–water partition coefficient (Wildman–Crippen LogP) is 1.64. The van der Waals surface area contributed by atoms with E-state index in [0.29, 0.717) is 0 Å². The van der Waals surface area contributed by atoms with Crippen LogP contribution in [0.1, 0.15) is 10.4 Å². The molecular weight excluding hydrogens is 238 g/mol. The second-order valence-electron chi connectivity index (χ2n) is 4.59. The van der Waals surface area contributed by atoms with Crippen molar-refractivity contribution in [3.8, 4) is 0 Å². The largest absolute Gasteiger partial charge is 0.308 e. The van der Waals surface area contributed by atoms with Crippen molar-refractivity contribution >= 4 is 5.78 Å². The first-order chi connectivity index (χ1) is 8.40. The molecule has 1 aromatic rings. The number of carbonyl (C=O) groups is 1. The zero-order valence-corrected chi connectivity index (χ0v) is 10.9. The van der Waals surface area contributed by atoms with E-state index in [-0.39, 0.29) is 17.9 Å². The fraction of sp³-hybridized carbons (Fsp3) is 0.462. The van der Waals surface area contributed by atoms with Crippen LogP contribution < -0.4 is 0 Å². The average molecular weight is 256 g/mol. The lowest BCUT2D eigenvalue weighted by atomic mass is 10.1. The monoisotopic (exact) mass is 256 g/mol. The summed E-state index contributed by atoms with van der Waals surface area (Å²) in [5, 5.41) is 0. The number of hydrogen-bond donors (Lipinski definition) is 0. The Hall–Kier alpha value is -1.33. The molecule has 0 aliphatic carbocycles. The molecular formula is C13H18F2N2O. The topological polar surface area (TPSA) is 23.6 Å². The van der Waals surface area contributed by atoms with Gasteiger partial charge < -0.3 is 4.90 Å². The second-order valence-corrected chi connectivity index (χ2v) is 4.59. The van der Waals surface area contributed by atoms with Gasteiger partial charge in [0.2, 0.25) is 0 Å². The standard InChI is InChI=1S/C13H18F2N2O/c1-16(2)6-7-17(3)9-13(18)10-4-5-11(14)12(15)8-10/h4-5,8H,6-7,9H2,1-3H3. The summed E-state index contributed by atoms with van der Waals surface area (Å²) in [5.74, 6) is -2.14. The molecule has 5 heteroatoms. The number of rotatable bonds is 6. The smallest absolute Gasteiger partial charge is 0.176 e. The molecule has 1 rings (SSSR count). The molecule has 3 nitrogen and oxygen atoms in total. The van der Waals surface area contributed by atoms with Crippen molar-refractivity contribution < 1.29 is 13.6 Å². The van der Waals surface area contributed by atoms with Crippen LogP contribution in [-0.4, -0.2) is 56.4 Å². The number of nitrogens with zero attached hydrogens (tertiary/aromatic N) is 2. The van der Waals surface area contributed by atoms with Crippen molar-refractivity contribution in [1.82, 2.24) is 9.80 Å². The maximum atomic E-state index is 13.0. The Morgan fingerprint density at radius 3 is 2.33 bits per heavy atom.